The number of nitrogens with zero attached hydrogens (tertiary/aromatic N) is 1. The molecule has 2 rings (SSSR count). The second kappa shape index (κ2) is 4.01. The summed E-state index contributed by atoms with van der Waals surface area (Å²) in [6, 6.07) is 6.84. The lowest BCUT2D eigenvalue weighted by Gasteiger charge is -2.29. The van der Waals surface area contributed by atoms with E-state index in [4.69, 9.17) is 5.21 Å². The minimum absolute atomic E-state index is 0.0411. The zero-order valence-corrected chi connectivity index (χ0v) is 8.60. The normalized spacial score (nSPS) is 23.3. The van der Waals surface area contributed by atoms with Crippen molar-refractivity contribution in [3.63, 3.8) is 0 Å². The lowest BCUT2D eigenvalue weighted by atomic mass is 10.2. The summed E-state index contributed by atoms with van der Waals surface area (Å²) >= 11 is 0. The van der Waals surface area contributed by atoms with Crippen molar-refractivity contribution in [2.45, 2.75) is 13.1 Å². The summed E-state index contributed by atoms with van der Waals surface area (Å²) in [5.74, 6) is -0.792. The molecule has 1 amide bonds. The zero-order chi connectivity index (χ0) is 11.7. The molecule has 0 saturated heterocycles. The largest absolute Gasteiger partial charge is 0.627 e. The SMILES string of the molecule is CC1N=c2ccccc2=C(C(=O)NO)[NH+]1[O-]. The van der Waals surface area contributed by atoms with Crippen molar-refractivity contribution in [2.75, 3.05) is 0 Å². The third-order valence-corrected chi connectivity index (χ3v) is 2.46. The van der Waals surface area contributed by atoms with E-state index in [9.17, 15) is 10.0 Å². The van der Waals surface area contributed by atoms with Gasteiger partial charge in [-0.05, 0) is 12.1 Å². The van der Waals surface area contributed by atoms with E-state index >= 15 is 0 Å². The van der Waals surface area contributed by atoms with Crippen molar-refractivity contribution in [2.24, 2.45) is 4.99 Å². The Balaban J connectivity index is 2.78. The molecule has 1 heterocycles. The van der Waals surface area contributed by atoms with Gasteiger partial charge < -0.3 is 10.3 Å². The average molecular weight is 221 g/mol. The number of quaternary nitrogens is 1. The summed E-state index contributed by atoms with van der Waals surface area (Å²) in [5, 5.41) is 21.1. The van der Waals surface area contributed by atoms with E-state index in [0.717, 1.165) is 0 Å². The van der Waals surface area contributed by atoms with Crippen molar-refractivity contribution < 1.29 is 15.1 Å². The third kappa shape index (κ3) is 1.58. The Bertz CT molecular complexity index is 540. The number of para-hydroxylation sites is 1. The maximum atomic E-state index is 11.8. The number of fused-ring (bicyclic) bond motifs is 1. The van der Waals surface area contributed by atoms with Crippen molar-refractivity contribution >= 4 is 11.6 Å². The summed E-state index contributed by atoms with van der Waals surface area (Å²) in [6.07, 6.45) is -0.595. The number of rotatable bonds is 1. The zero-order valence-electron chi connectivity index (χ0n) is 8.60. The smallest absolute Gasteiger partial charge is 0.329 e. The van der Waals surface area contributed by atoms with Gasteiger partial charge in [-0.25, -0.2) is 10.5 Å². The van der Waals surface area contributed by atoms with E-state index in [0.29, 0.717) is 10.6 Å². The molecule has 84 valence electrons. The fourth-order valence-corrected chi connectivity index (χ4v) is 1.70. The predicted octanol–water partition coefficient (Wildman–Crippen LogP) is -2.34. The molecule has 1 aromatic carbocycles. The molecule has 1 aromatic rings. The highest BCUT2D eigenvalue weighted by atomic mass is 16.5. The van der Waals surface area contributed by atoms with Crippen LogP contribution in [0.2, 0.25) is 0 Å². The number of benzene rings is 1. The van der Waals surface area contributed by atoms with Gasteiger partial charge in [-0.2, -0.15) is 0 Å². The lowest BCUT2D eigenvalue weighted by Crippen LogP contribution is -3.11. The van der Waals surface area contributed by atoms with E-state index in [1.807, 2.05) is 0 Å². The summed E-state index contributed by atoms with van der Waals surface area (Å²) in [6.45, 7) is 1.61. The fraction of sp³-hybridized carbons (Fsp3) is 0.200. The quantitative estimate of drug-likeness (QED) is 0.282. The summed E-state index contributed by atoms with van der Waals surface area (Å²) < 4.78 is 0. The number of nitrogens with one attached hydrogen (secondary N) is 2. The highest BCUT2D eigenvalue weighted by molar-refractivity contribution is 6.08. The predicted molar refractivity (Wildman–Crippen MR) is 54.4 cm³/mol. The van der Waals surface area contributed by atoms with E-state index in [1.54, 1.807) is 31.2 Å². The van der Waals surface area contributed by atoms with E-state index in [-0.39, 0.29) is 10.8 Å². The van der Waals surface area contributed by atoms with Gasteiger partial charge >= 0.3 is 5.91 Å². The van der Waals surface area contributed by atoms with Crippen LogP contribution in [0.25, 0.3) is 5.70 Å². The van der Waals surface area contributed by atoms with Gasteiger partial charge in [0.2, 0.25) is 5.70 Å². The van der Waals surface area contributed by atoms with Crippen molar-refractivity contribution in [1.82, 2.24) is 5.48 Å². The molecule has 0 aliphatic carbocycles. The monoisotopic (exact) mass is 221 g/mol. The maximum absolute atomic E-state index is 11.8. The van der Waals surface area contributed by atoms with Crippen LogP contribution in [0.1, 0.15) is 6.92 Å². The Labute approximate surface area is 91.1 Å². The molecule has 3 N–H and O–H groups in total. The van der Waals surface area contributed by atoms with Gasteiger partial charge in [0.25, 0.3) is 0 Å². The average Bonchev–Trinajstić information content (AvgIpc) is 2.30. The van der Waals surface area contributed by atoms with E-state index < -0.39 is 12.1 Å². The Morgan fingerprint density at radius 3 is 2.94 bits per heavy atom. The molecule has 16 heavy (non-hydrogen) atoms. The van der Waals surface area contributed by atoms with E-state index in [1.165, 1.54) is 5.48 Å². The Hall–Kier alpha value is -1.76. The van der Waals surface area contributed by atoms with Gasteiger partial charge in [0, 0.05) is 6.92 Å². The first kappa shape index (κ1) is 10.7. The van der Waals surface area contributed by atoms with Crippen molar-refractivity contribution in [3.05, 3.63) is 40.0 Å². The Kier molecular flexibility index (Phi) is 2.69. The molecule has 0 aromatic heterocycles. The molecular formula is C10H11N3O3. The highest BCUT2D eigenvalue weighted by Crippen LogP contribution is 1.89. The number of hydroxylamine groups is 3. The molecule has 1 aliphatic heterocycles. The molecule has 0 bridgehead atoms. The first-order valence-corrected chi connectivity index (χ1v) is 4.81. The fourth-order valence-electron chi connectivity index (χ4n) is 1.70. The first-order chi connectivity index (χ1) is 7.65. The molecule has 2 atom stereocenters. The Morgan fingerprint density at radius 2 is 2.25 bits per heavy atom. The topological polar surface area (TPSA) is 89.2 Å². The van der Waals surface area contributed by atoms with Crippen LogP contribution in [0.3, 0.4) is 0 Å². The molecule has 0 fully saturated rings. The minimum atomic E-state index is -0.792. The van der Waals surface area contributed by atoms with Crippen LogP contribution in [0.5, 0.6) is 0 Å². The van der Waals surface area contributed by atoms with Gasteiger partial charge in [-0.15, -0.1) is 0 Å². The minimum Gasteiger partial charge on any atom is -0.627 e. The van der Waals surface area contributed by atoms with Gasteiger partial charge in [0.1, 0.15) is 0 Å². The third-order valence-electron chi connectivity index (χ3n) is 2.46. The van der Waals surface area contributed by atoms with Gasteiger partial charge in [0.15, 0.2) is 6.17 Å². The standard InChI is InChI=1S/C10H11N3O3/c1-6-11-8-5-3-2-4-7(8)9(13(6)16)10(14)12-15/h2-6,13,15H,1H3,(H,12,14). The van der Waals surface area contributed by atoms with Crippen LogP contribution in [0.4, 0.5) is 0 Å². The van der Waals surface area contributed by atoms with Crippen LogP contribution in [0.15, 0.2) is 29.3 Å². The summed E-state index contributed by atoms with van der Waals surface area (Å²) in [5.41, 5.74) is 1.45. The molecule has 1 aliphatic rings. The number of amides is 1. The first-order valence-electron chi connectivity index (χ1n) is 4.81. The van der Waals surface area contributed by atoms with Gasteiger partial charge in [0.05, 0.1) is 10.6 Å². The molecule has 0 spiro atoms. The van der Waals surface area contributed by atoms with Crippen molar-refractivity contribution in [3.8, 4) is 0 Å². The lowest BCUT2D eigenvalue weighted by molar-refractivity contribution is -0.796. The maximum Gasteiger partial charge on any atom is 0.329 e. The Morgan fingerprint density at radius 1 is 1.56 bits per heavy atom. The second-order valence-electron chi connectivity index (χ2n) is 3.50. The number of hydrogen-bond donors (Lipinski definition) is 3. The van der Waals surface area contributed by atoms with E-state index in [2.05, 4.69) is 4.99 Å². The number of carbonyl (C=O) groups excluding carboxylic acids is 1. The highest BCUT2D eigenvalue weighted by Gasteiger charge is 2.25. The molecule has 6 heteroatoms. The molecular weight excluding hydrogens is 210 g/mol. The van der Waals surface area contributed by atoms with Crippen LogP contribution in [-0.4, -0.2) is 17.3 Å². The molecule has 6 nitrogen and oxygen atoms in total. The van der Waals surface area contributed by atoms with Crippen LogP contribution in [-0.2, 0) is 4.79 Å². The van der Waals surface area contributed by atoms with Crippen LogP contribution in [0, 0.1) is 5.21 Å². The molecule has 2 unspecified atom stereocenters. The van der Waals surface area contributed by atoms with Crippen LogP contribution < -0.4 is 21.1 Å². The molecule has 0 saturated carbocycles. The number of carbonyl (C=O) groups is 1. The van der Waals surface area contributed by atoms with Crippen molar-refractivity contribution in [1.29, 1.82) is 0 Å². The second-order valence-corrected chi connectivity index (χ2v) is 3.50. The summed E-state index contributed by atoms with van der Waals surface area (Å²) in [7, 11) is 0. The van der Waals surface area contributed by atoms with Gasteiger partial charge in [-0.1, -0.05) is 12.1 Å². The molecule has 0 radical (unpaired) electrons. The van der Waals surface area contributed by atoms with Gasteiger partial charge in [-0.3, -0.25) is 10.0 Å². The summed E-state index contributed by atoms with van der Waals surface area (Å²) in [4.78, 5) is 15.6. The number of hydrogen-bond acceptors (Lipinski definition) is 4. The van der Waals surface area contributed by atoms with Crippen LogP contribution >= 0.6 is 0 Å².